The Morgan fingerprint density at radius 2 is 1.59 bits per heavy atom. The van der Waals surface area contributed by atoms with Gasteiger partial charge in [0.1, 0.15) is 11.5 Å². The van der Waals surface area contributed by atoms with Crippen LogP contribution in [0.1, 0.15) is 0 Å². The largest absolute Gasteiger partial charge is 0.507 e. The van der Waals surface area contributed by atoms with Gasteiger partial charge in [-0.25, -0.2) is 0 Å². The van der Waals surface area contributed by atoms with Crippen LogP contribution in [0.15, 0.2) is 48.5 Å². The Kier molecular flexibility index (Phi) is 4.07. The second kappa shape index (κ2) is 5.56. The quantitative estimate of drug-likeness (QED) is 0.819. The third-order valence-electron chi connectivity index (χ3n) is 2.29. The molecule has 0 unspecified atom stereocenters. The number of alkyl halides is 2. The maximum atomic E-state index is 9.73. The van der Waals surface area contributed by atoms with Gasteiger partial charge in [0.15, 0.2) is 0 Å². The van der Waals surface area contributed by atoms with Crippen molar-refractivity contribution >= 4 is 31.9 Å². The van der Waals surface area contributed by atoms with Crippen molar-refractivity contribution in [2.75, 3.05) is 0 Å². The molecule has 0 aliphatic rings. The Bertz CT molecular complexity index is 495. The SMILES string of the molecule is Oc1ccccc1-c1ccc(OC(Br)Br)cc1. The van der Waals surface area contributed by atoms with Crippen molar-refractivity contribution in [3.8, 4) is 22.6 Å². The molecule has 0 aliphatic carbocycles. The number of ether oxygens (including phenoxy) is 1. The number of para-hydroxylation sites is 1. The van der Waals surface area contributed by atoms with E-state index < -0.39 is 0 Å². The van der Waals surface area contributed by atoms with Crippen LogP contribution in [0.3, 0.4) is 0 Å². The van der Waals surface area contributed by atoms with E-state index in [-0.39, 0.29) is 9.67 Å². The molecule has 4 heteroatoms. The first-order valence-corrected chi connectivity index (χ1v) is 6.83. The molecule has 0 amide bonds. The van der Waals surface area contributed by atoms with Gasteiger partial charge in [-0.3, -0.25) is 0 Å². The molecule has 0 saturated carbocycles. The number of phenols is 1. The molecule has 88 valence electrons. The fraction of sp³-hybridized carbons (Fsp3) is 0.0769. The van der Waals surface area contributed by atoms with Crippen molar-refractivity contribution in [1.82, 2.24) is 0 Å². The Morgan fingerprint density at radius 1 is 0.941 bits per heavy atom. The van der Waals surface area contributed by atoms with Gasteiger partial charge >= 0.3 is 0 Å². The summed E-state index contributed by atoms with van der Waals surface area (Å²) >= 11 is 6.48. The molecule has 0 bridgehead atoms. The van der Waals surface area contributed by atoms with Crippen LogP contribution in [0.5, 0.6) is 11.5 Å². The van der Waals surface area contributed by atoms with E-state index in [1.165, 1.54) is 0 Å². The number of halogens is 2. The smallest absolute Gasteiger partial charge is 0.207 e. The van der Waals surface area contributed by atoms with Crippen molar-refractivity contribution in [2.45, 2.75) is 3.92 Å². The van der Waals surface area contributed by atoms with Crippen molar-refractivity contribution in [3.63, 3.8) is 0 Å². The van der Waals surface area contributed by atoms with Gasteiger partial charge in [-0.05, 0) is 55.6 Å². The van der Waals surface area contributed by atoms with Gasteiger partial charge in [0.2, 0.25) is 3.92 Å². The summed E-state index contributed by atoms with van der Waals surface area (Å²) < 4.78 is 5.20. The third kappa shape index (κ3) is 3.23. The number of hydrogen-bond acceptors (Lipinski definition) is 2. The summed E-state index contributed by atoms with van der Waals surface area (Å²) in [5.74, 6) is 1.03. The lowest BCUT2D eigenvalue weighted by molar-refractivity contribution is 0.376. The Hall–Kier alpha value is -1.00. The lowest BCUT2D eigenvalue weighted by Gasteiger charge is -2.08. The predicted octanol–water partition coefficient (Wildman–Crippen LogP) is 4.51. The highest BCUT2D eigenvalue weighted by atomic mass is 79.9. The topological polar surface area (TPSA) is 29.5 Å². The van der Waals surface area contributed by atoms with E-state index in [9.17, 15) is 5.11 Å². The zero-order valence-electron chi connectivity index (χ0n) is 8.81. The lowest BCUT2D eigenvalue weighted by Crippen LogP contribution is -1.97. The molecule has 2 aromatic carbocycles. The van der Waals surface area contributed by atoms with Gasteiger partial charge in [-0.1, -0.05) is 30.3 Å². The average molecular weight is 358 g/mol. The van der Waals surface area contributed by atoms with E-state index in [0.717, 1.165) is 16.9 Å². The normalized spacial score (nSPS) is 10.5. The van der Waals surface area contributed by atoms with Crippen molar-refractivity contribution in [2.24, 2.45) is 0 Å². The standard InChI is InChI=1S/C13H10Br2O2/c14-13(15)17-10-7-5-9(6-8-10)11-3-1-2-4-12(11)16/h1-8,13,16H. The summed E-state index contributed by atoms with van der Waals surface area (Å²) in [7, 11) is 0. The summed E-state index contributed by atoms with van der Waals surface area (Å²) in [5, 5.41) is 9.73. The highest BCUT2D eigenvalue weighted by Gasteiger charge is 2.04. The van der Waals surface area contributed by atoms with E-state index in [2.05, 4.69) is 31.9 Å². The molecule has 2 rings (SSSR count). The molecule has 0 aliphatic heterocycles. The molecule has 2 nitrogen and oxygen atoms in total. The van der Waals surface area contributed by atoms with E-state index in [0.29, 0.717) is 0 Å². The number of benzene rings is 2. The fourth-order valence-corrected chi connectivity index (χ4v) is 1.97. The van der Waals surface area contributed by atoms with Crippen LogP contribution in [-0.4, -0.2) is 9.03 Å². The average Bonchev–Trinajstić information content (AvgIpc) is 2.30. The molecule has 0 aromatic heterocycles. The zero-order valence-corrected chi connectivity index (χ0v) is 12.0. The van der Waals surface area contributed by atoms with Gasteiger partial charge in [0, 0.05) is 5.56 Å². The highest BCUT2D eigenvalue weighted by Crippen LogP contribution is 2.30. The molecule has 1 N–H and O–H groups in total. The van der Waals surface area contributed by atoms with Crippen LogP contribution in [-0.2, 0) is 0 Å². The van der Waals surface area contributed by atoms with E-state index in [1.807, 2.05) is 36.4 Å². The van der Waals surface area contributed by atoms with Crippen LogP contribution in [0.4, 0.5) is 0 Å². The predicted molar refractivity (Wildman–Crippen MR) is 75.8 cm³/mol. The second-order valence-corrected chi connectivity index (χ2v) is 6.31. The first kappa shape index (κ1) is 12.5. The molecular formula is C13H10Br2O2. The maximum absolute atomic E-state index is 9.73. The number of hydrogen-bond donors (Lipinski definition) is 1. The molecule has 0 heterocycles. The van der Waals surface area contributed by atoms with E-state index in [4.69, 9.17) is 4.74 Å². The van der Waals surface area contributed by atoms with Crippen LogP contribution >= 0.6 is 31.9 Å². The van der Waals surface area contributed by atoms with Gasteiger partial charge < -0.3 is 9.84 Å². The summed E-state index contributed by atoms with van der Waals surface area (Å²) in [6, 6.07) is 14.8. The number of rotatable bonds is 3. The first-order chi connectivity index (χ1) is 8.16. The lowest BCUT2D eigenvalue weighted by atomic mass is 10.0. The molecule has 0 spiro atoms. The fourth-order valence-electron chi connectivity index (χ4n) is 1.53. The minimum Gasteiger partial charge on any atom is -0.507 e. The third-order valence-corrected chi connectivity index (χ3v) is 2.67. The van der Waals surface area contributed by atoms with Crippen molar-refractivity contribution in [1.29, 1.82) is 0 Å². The van der Waals surface area contributed by atoms with Gasteiger partial charge in [-0.2, -0.15) is 0 Å². The molecule has 0 atom stereocenters. The zero-order chi connectivity index (χ0) is 12.3. The van der Waals surface area contributed by atoms with E-state index >= 15 is 0 Å². The van der Waals surface area contributed by atoms with Crippen molar-refractivity contribution in [3.05, 3.63) is 48.5 Å². The molecule has 0 fully saturated rings. The second-order valence-electron chi connectivity index (χ2n) is 3.42. The molecule has 17 heavy (non-hydrogen) atoms. The Morgan fingerprint density at radius 3 is 2.18 bits per heavy atom. The van der Waals surface area contributed by atoms with Crippen LogP contribution in [0.25, 0.3) is 11.1 Å². The number of aromatic hydroxyl groups is 1. The summed E-state index contributed by atoms with van der Waals surface area (Å²) in [6.45, 7) is 0. The van der Waals surface area contributed by atoms with E-state index in [1.54, 1.807) is 12.1 Å². The Balaban J connectivity index is 2.27. The van der Waals surface area contributed by atoms with Gasteiger partial charge in [-0.15, -0.1) is 0 Å². The van der Waals surface area contributed by atoms with Gasteiger partial charge in [0.05, 0.1) is 0 Å². The molecule has 0 radical (unpaired) electrons. The number of phenolic OH excluding ortho intramolecular Hbond substituents is 1. The van der Waals surface area contributed by atoms with Gasteiger partial charge in [0.25, 0.3) is 0 Å². The first-order valence-electron chi connectivity index (χ1n) is 5.00. The summed E-state index contributed by atoms with van der Waals surface area (Å²) in [4.78, 5) is 0. The van der Waals surface area contributed by atoms with Crippen molar-refractivity contribution < 1.29 is 9.84 Å². The maximum Gasteiger partial charge on any atom is 0.207 e. The minimum atomic E-state index is -0.203. The molecule has 0 saturated heterocycles. The van der Waals surface area contributed by atoms with Crippen LogP contribution in [0, 0.1) is 0 Å². The molecule has 2 aromatic rings. The minimum absolute atomic E-state index is 0.203. The summed E-state index contributed by atoms with van der Waals surface area (Å²) in [6.07, 6.45) is 0. The highest BCUT2D eigenvalue weighted by molar-refractivity contribution is 9.24. The Labute approximate surface area is 116 Å². The monoisotopic (exact) mass is 356 g/mol. The van der Waals surface area contributed by atoms with Crippen LogP contribution < -0.4 is 4.74 Å². The van der Waals surface area contributed by atoms with Crippen LogP contribution in [0.2, 0.25) is 0 Å². The summed E-state index contributed by atoms with van der Waals surface area (Å²) in [5.41, 5.74) is 1.77. The molecular weight excluding hydrogens is 348 g/mol.